The van der Waals surface area contributed by atoms with Gasteiger partial charge in [-0.05, 0) is 30.7 Å². The molecule has 0 atom stereocenters. The van der Waals surface area contributed by atoms with Crippen LogP contribution < -0.4 is 5.32 Å². The molecule has 2 aromatic carbocycles. The van der Waals surface area contributed by atoms with E-state index in [1.165, 1.54) is 0 Å². The molecule has 0 amide bonds. The highest BCUT2D eigenvalue weighted by molar-refractivity contribution is 5.55. The maximum absolute atomic E-state index is 9.13. The van der Waals surface area contributed by atoms with Gasteiger partial charge in [0.15, 0.2) is 0 Å². The number of hydrogen-bond acceptors (Lipinski definition) is 5. The van der Waals surface area contributed by atoms with E-state index in [4.69, 9.17) is 9.63 Å². The van der Waals surface area contributed by atoms with Crippen LogP contribution >= 0.6 is 0 Å². The van der Waals surface area contributed by atoms with Crippen LogP contribution in [0, 0.1) is 6.92 Å². The number of nitrogens with zero attached hydrogens (tertiary/aromatic N) is 2. The van der Waals surface area contributed by atoms with E-state index in [-0.39, 0.29) is 6.61 Å². The molecule has 0 saturated carbocycles. The summed E-state index contributed by atoms with van der Waals surface area (Å²) in [5, 5.41) is 16.3. The van der Waals surface area contributed by atoms with E-state index in [0.29, 0.717) is 18.3 Å². The number of aromatic nitrogens is 2. The first-order valence-electron chi connectivity index (χ1n) is 7.08. The minimum atomic E-state index is 0.0214. The maximum Gasteiger partial charge on any atom is 0.246 e. The third kappa shape index (κ3) is 3.32. The van der Waals surface area contributed by atoms with E-state index in [0.717, 1.165) is 22.4 Å². The van der Waals surface area contributed by atoms with Crippen molar-refractivity contribution in [1.29, 1.82) is 0 Å². The van der Waals surface area contributed by atoms with E-state index in [1.54, 1.807) is 0 Å². The van der Waals surface area contributed by atoms with E-state index in [1.807, 2.05) is 55.5 Å². The molecule has 2 N–H and O–H groups in total. The summed E-state index contributed by atoms with van der Waals surface area (Å²) in [6, 6.07) is 15.6. The zero-order valence-corrected chi connectivity index (χ0v) is 12.3. The zero-order chi connectivity index (χ0) is 15.4. The third-order valence-electron chi connectivity index (χ3n) is 3.30. The number of nitrogens with one attached hydrogen (secondary N) is 1. The summed E-state index contributed by atoms with van der Waals surface area (Å²) in [7, 11) is 0. The van der Waals surface area contributed by atoms with Crippen LogP contribution in [0.25, 0.3) is 11.4 Å². The van der Waals surface area contributed by atoms with Gasteiger partial charge < -0.3 is 14.9 Å². The van der Waals surface area contributed by atoms with Gasteiger partial charge in [0.2, 0.25) is 11.7 Å². The highest BCUT2D eigenvalue weighted by Gasteiger charge is 2.08. The van der Waals surface area contributed by atoms with E-state index < -0.39 is 0 Å². The Morgan fingerprint density at radius 1 is 1.14 bits per heavy atom. The number of rotatable bonds is 5. The van der Waals surface area contributed by atoms with Gasteiger partial charge in [0.1, 0.15) is 0 Å². The number of aryl methyl sites for hydroxylation is 1. The molecule has 3 aromatic rings. The van der Waals surface area contributed by atoms with Crippen LogP contribution in [0.2, 0.25) is 0 Å². The first kappa shape index (κ1) is 14.3. The van der Waals surface area contributed by atoms with Gasteiger partial charge in [0, 0.05) is 11.3 Å². The average Bonchev–Trinajstić information content (AvgIpc) is 3.02. The Morgan fingerprint density at radius 3 is 2.82 bits per heavy atom. The van der Waals surface area contributed by atoms with Crippen molar-refractivity contribution < 1.29 is 9.63 Å². The molecule has 5 heteroatoms. The summed E-state index contributed by atoms with van der Waals surface area (Å²) >= 11 is 0. The number of anilines is 1. The van der Waals surface area contributed by atoms with Gasteiger partial charge in [-0.3, -0.25) is 0 Å². The molecular weight excluding hydrogens is 278 g/mol. The van der Waals surface area contributed by atoms with Gasteiger partial charge in [-0.2, -0.15) is 4.98 Å². The van der Waals surface area contributed by atoms with Crippen molar-refractivity contribution in [2.45, 2.75) is 20.1 Å². The summed E-state index contributed by atoms with van der Waals surface area (Å²) in [5.74, 6) is 1.11. The first-order chi connectivity index (χ1) is 10.7. The molecule has 0 saturated heterocycles. The molecule has 1 aromatic heterocycles. The SMILES string of the molecule is Cc1cccc(-c2noc(CNc3cccc(CO)c3)n2)c1. The van der Waals surface area contributed by atoms with Gasteiger partial charge in [0.25, 0.3) is 0 Å². The summed E-state index contributed by atoms with van der Waals surface area (Å²) < 4.78 is 5.26. The molecule has 0 aliphatic carbocycles. The van der Waals surface area contributed by atoms with Crippen molar-refractivity contribution in [3.63, 3.8) is 0 Å². The second kappa shape index (κ2) is 6.41. The quantitative estimate of drug-likeness (QED) is 0.756. The summed E-state index contributed by atoms with van der Waals surface area (Å²) in [6.07, 6.45) is 0. The Kier molecular flexibility index (Phi) is 4.16. The van der Waals surface area contributed by atoms with E-state index in [2.05, 4.69) is 15.5 Å². The Bertz CT molecular complexity index is 768. The largest absolute Gasteiger partial charge is 0.392 e. The third-order valence-corrected chi connectivity index (χ3v) is 3.30. The van der Waals surface area contributed by atoms with Crippen LogP contribution in [-0.2, 0) is 13.2 Å². The monoisotopic (exact) mass is 295 g/mol. The lowest BCUT2D eigenvalue weighted by Crippen LogP contribution is -2.00. The van der Waals surface area contributed by atoms with Crippen LogP contribution in [0.4, 0.5) is 5.69 Å². The number of benzene rings is 2. The van der Waals surface area contributed by atoms with Gasteiger partial charge >= 0.3 is 0 Å². The molecule has 112 valence electrons. The van der Waals surface area contributed by atoms with Gasteiger partial charge in [-0.1, -0.05) is 41.1 Å². The highest BCUT2D eigenvalue weighted by atomic mass is 16.5. The normalized spacial score (nSPS) is 10.6. The number of hydrogen-bond donors (Lipinski definition) is 2. The lowest BCUT2D eigenvalue weighted by molar-refractivity contribution is 0.282. The molecule has 5 nitrogen and oxygen atoms in total. The van der Waals surface area contributed by atoms with Gasteiger partial charge in [-0.25, -0.2) is 0 Å². The van der Waals surface area contributed by atoms with Crippen molar-refractivity contribution in [1.82, 2.24) is 10.1 Å². The van der Waals surface area contributed by atoms with Crippen LogP contribution in [0.5, 0.6) is 0 Å². The van der Waals surface area contributed by atoms with Crippen LogP contribution in [0.1, 0.15) is 17.0 Å². The second-order valence-electron chi connectivity index (χ2n) is 5.09. The maximum atomic E-state index is 9.13. The molecule has 0 unspecified atom stereocenters. The molecule has 3 rings (SSSR count). The van der Waals surface area contributed by atoms with Crippen molar-refractivity contribution >= 4 is 5.69 Å². The fourth-order valence-corrected chi connectivity index (χ4v) is 2.19. The van der Waals surface area contributed by atoms with Crippen LogP contribution in [-0.4, -0.2) is 15.2 Å². The Labute approximate surface area is 128 Å². The molecule has 0 radical (unpaired) electrons. The van der Waals surface area contributed by atoms with Crippen molar-refractivity contribution in [2.24, 2.45) is 0 Å². The average molecular weight is 295 g/mol. The standard InChI is InChI=1S/C17H17N3O2/c1-12-4-2-6-14(8-12)17-19-16(22-20-17)10-18-15-7-3-5-13(9-15)11-21/h2-9,18,21H,10-11H2,1H3. The minimum absolute atomic E-state index is 0.0214. The predicted molar refractivity (Wildman–Crippen MR) is 84.2 cm³/mol. The highest BCUT2D eigenvalue weighted by Crippen LogP contribution is 2.18. The van der Waals surface area contributed by atoms with Crippen molar-refractivity contribution in [3.8, 4) is 11.4 Å². The van der Waals surface area contributed by atoms with Crippen molar-refractivity contribution in [2.75, 3.05) is 5.32 Å². The number of aliphatic hydroxyl groups excluding tert-OH is 1. The lowest BCUT2D eigenvalue weighted by atomic mass is 10.1. The molecule has 0 fully saturated rings. The lowest BCUT2D eigenvalue weighted by Gasteiger charge is -2.04. The van der Waals surface area contributed by atoms with Crippen molar-refractivity contribution in [3.05, 3.63) is 65.5 Å². The summed E-state index contributed by atoms with van der Waals surface area (Å²) in [5.41, 5.74) is 3.86. The Hall–Kier alpha value is -2.66. The summed E-state index contributed by atoms with van der Waals surface area (Å²) in [4.78, 5) is 4.39. The van der Waals surface area contributed by atoms with E-state index in [9.17, 15) is 0 Å². The molecule has 0 bridgehead atoms. The van der Waals surface area contributed by atoms with Gasteiger partial charge in [0.05, 0.1) is 13.2 Å². The molecular formula is C17H17N3O2. The minimum Gasteiger partial charge on any atom is -0.392 e. The molecule has 0 spiro atoms. The fraction of sp³-hybridized carbons (Fsp3) is 0.176. The predicted octanol–water partition coefficient (Wildman–Crippen LogP) is 3.15. The Morgan fingerprint density at radius 2 is 2.00 bits per heavy atom. The van der Waals surface area contributed by atoms with Crippen LogP contribution in [0.3, 0.4) is 0 Å². The molecule has 22 heavy (non-hydrogen) atoms. The first-order valence-corrected chi connectivity index (χ1v) is 7.08. The zero-order valence-electron chi connectivity index (χ0n) is 12.3. The fourth-order valence-electron chi connectivity index (χ4n) is 2.19. The molecule has 0 aliphatic heterocycles. The molecule has 1 heterocycles. The van der Waals surface area contributed by atoms with E-state index >= 15 is 0 Å². The van der Waals surface area contributed by atoms with Crippen LogP contribution in [0.15, 0.2) is 53.1 Å². The van der Waals surface area contributed by atoms with Gasteiger partial charge in [-0.15, -0.1) is 0 Å². The Balaban J connectivity index is 1.69. The smallest absolute Gasteiger partial charge is 0.246 e. The second-order valence-corrected chi connectivity index (χ2v) is 5.09. The number of aliphatic hydroxyl groups is 1. The topological polar surface area (TPSA) is 71.2 Å². The molecule has 0 aliphatic rings. The summed E-state index contributed by atoms with van der Waals surface area (Å²) in [6.45, 7) is 2.49.